The number of rotatable bonds is 6. The summed E-state index contributed by atoms with van der Waals surface area (Å²) in [6.45, 7) is 19.8. The lowest BCUT2D eigenvalue weighted by molar-refractivity contribution is -0.248. The summed E-state index contributed by atoms with van der Waals surface area (Å²) in [6, 6.07) is 15.6. The number of methoxy groups -OCH3 is 1. The van der Waals surface area contributed by atoms with Crippen molar-refractivity contribution in [1.82, 2.24) is 4.98 Å². The fourth-order valence-electron chi connectivity index (χ4n) is 5.21. The molecule has 4 nitrogen and oxygen atoms in total. The first-order chi connectivity index (χ1) is 17.7. The average Bonchev–Trinajstić information content (AvgIpc) is 2.81. The molecule has 2 aromatic carbocycles. The van der Waals surface area contributed by atoms with Crippen molar-refractivity contribution in [2.24, 2.45) is 0 Å². The van der Waals surface area contributed by atoms with Crippen LogP contribution in [0.1, 0.15) is 60.9 Å². The number of benzene rings is 2. The van der Waals surface area contributed by atoms with E-state index in [-0.39, 0.29) is 6.10 Å². The highest BCUT2D eigenvalue weighted by Gasteiger charge is 2.43. The van der Waals surface area contributed by atoms with Crippen LogP contribution in [-0.4, -0.2) is 32.1 Å². The van der Waals surface area contributed by atoms with Gasteiger partial charge >= 0.3 is 0 Å². The fourth-order valence-corrected chi connectivity index (χ4v) is 6.74. The van der Waals surface area contributed by atoms with Crippen LogP contribution in [0.15, 0.2) is 42.5 Å². The van der Waals surface area contributed by atoms with Crippen molar-refractivity contribution in [2.75, 3.05) is 7.11 Å². The Morgan fingerprint density at radius 2 is 1.58 bits per heavy atom. The quantitative estimate of drug-likeness (QED) is 0.286. The molecule has 204 valence electrons. The third-order valence-corrected chi connectivity index (χ3v) is 8.91. The number of hydrogen-bond donors (Lipinski definition) is 0. The second-order valence-electron chi connectivity index (χ2n) is 12.7. The maximum Gasteiger partial charge on any atom is 0.188 e. The van der Waals surface area contributed by atoms with E-state index in [0.717, 1.165) is 45.2 Å². The van der Waals surface area contributed by atoms with E-state index >= 15 is 0 Å². The summed E-state index contributed by atoms with van der Waals surface area (Å²) in [4.78, 5) is 5.41. The number of ether oxygens (including phenoxy) is 3. The first kappa shape index (κ1) is 29.0. The highest BCUT2D eigenvalue weighted by molar-refractivity contribution is 6.76. The summed E-state index contributed by atoms with van der Waals surface area (Å²) in [5, 5.41) is 0.709. The number of halogens is 1. The summed E-state index contributed by atoms with van der Waals surface area (Å²) in [7, 11) is 0.166. The van der Waals surface area contributed by atoms with E-state index < -0.39 is 26.1 Å². The van der Waals surface area contributed by atoms with E-state index in [1.54, 1.807) is 7.11 Å². The van der Waals surface area contributed by atoms with Gasteiger partial charge in [-0.15, -0.1) is 0 Å². The largest absolute Gasteiger partial charge is 0.363 e. The van der Waals surface area contributed by atoms with Gasteiger partial charge in [0, 0.05) is 31.3 Å². The molecule has 4 rings (SSSR count). The van der Waals surface area contributed by atoms with Gasteiger partial charge in [0.05, 0.1) is 17.0 Å². The number of hydrogen-bond acceptors (Lipinski definition) is 4. The van der Waals surface area contributed by atoms with E-state index in [2.05, 4.69) is 91.5 Å². The molecule has 0 spiro atoms. The van der Waals surface area contributed by atoms with Crippen molar-refractivity contribution in [3.05, 3.63) is 75.4 Å². The van der Waals surface area contributed by atoms with Gasteiger partial charge < -0.3 is 14.2 Å². The molecule has 0 bridgehead atoms. The third kappa shape index (κ3) is 6.24. The molecule has 0 saturated heterocycles. The van der Waals surface area contributed by atoms with Gasteiger partial charge in [0.2, 0.25) is 0 Å². The molecular formula is C32H42ClNO3Si. The van der Waals surface area contributed by atoms with Crippen molar-refractivity contribution in [1.29, 1.82) is 0 Å². The molecule has 0 saturated carbocycles. The van der Waals surface area contributed by atoms with Crippen LogP contribution in [0.25, 0.3) is 22.4 Å². The minimum atomic E-state index is -1.53. The van der Waals surface area contributed by atoms with Crippen LogP contribution >= 0.6 is 11.6 Å². The first-order valence-corrected chi connectivity index (χ1v) is 17.5. The lowest BCUT2D eigenvalue weighted by atomic mass is 9.85. The average molecular weight is 552 g/mol. The first-order valence-electron chi connectivity index (χ1n) is 13.4. The Balaban J connectivity index is 2.10. The van der Waals surface area contributed by atoms with Crippen molar-refractivity contribution < 1.29 is 14.2 Å². The summed E-state index contributed by atoms with van der Waals surface area (Å²) in [5.74, 6) is 0. The summed E-state index contributed by atoms with van der Waals surface area (Å²) in [6.07, 6.45) is -1.15. The second-order valence-corrected chi connectivity index (χ2v) is 18.7. The fraction of sp³-hybridized carbons (Fsp3) is 0.469. The van der Waals surface area contributed by atoms with Crippen molar-refractivity contribution in [2.45, 2.75) is 91.3 Å². The van der Waals surface area contributed by atoms with E-state index in [9.17, 15) is 0 Å². The molecule has 0 amide bonds. The summed E-state index contributed by atoms with van der Waals surface area (Å²) >= 11 is 6.33. The lowest BCUT2D eigenvalue weighted by Crippen LogP contribution is -2.40. The van der Waals surface area contributed by atoms with Gasteiger partial charge in [-0.05, 0) is 93.6 Å². The summed E-state index contributed by atoms with van der Waals surface area (Å²) < 4.78 is 19.4. The number of pyridine rings is 1. The summed E-state index contributed by atoms with van der Waals surface area (Å²) in [5.41, 5.74) is 9.53. The molecule has 1 aromatic heterocycles. The van der Waals surface area contributed by atoms with Gasteiger partial charge in [0.25, 0.3) is 0 Å². The molecule has 1 aliphatic heterocycles. The predicted octanol–water partition coefficient (Wildman–Crippen LogP) is 9.23. The van der Waals surface area contributed by atoms with E-state index in [1.165, 1.54) is 11.1 Å². The van der Waals surface area contributed by atoms with Gasteiger partial charge in [-0.2, -0.15) is 0 Å². The Labute approximate surface area is 234 Å². The van der Waals surface area contributed by atoms with Crippen LogP contribution in [-0.2, 0) is 14.2 Å². The van der Waals surface area contributed by atoms with Crippen molar-refractivity contribution in [3.63, 3.8) is 0 Å². The highest BCUT2D eigenvalue weighted by Crippen LogP contribution is 2.49. The molecule has 6 heteroatoms. The molecule has 0 N–H and O–H groups in total. The molecule has 38 heavy (non-hydrogen) atoms. The van der Waals surface area contributed by atoms with Crippen LogP contribution in [0.4, 0.5) is 0 Å². The second kappa shape index (κ2) is 10.9. The molecule has 3 atom stereocenters. The van der Waals surface area contributed by atoms with Crippen molar-refractivity contribution >= 4 is 19.7 Å². The van der Waals surface area contributed by atoms with Gasteiger partial charge in [0.1, 0.15) is 12.2 Å². The van der Waals surface area contributed by atoms with Crippen LogP contribution in [0.2, 0.25) is 30.7 Å². The number of aromatic nitrogens is 1. The van der Waals surface area contributed by atoms with E-state index in [4.69, 9.17) is 30.8 Å². The zero-order valence-electron chi connectivity index (χ0n) is 24.5. The standard InChI is InChI=1S/C32H42ClNO3Si/c1-19-11-12-23(17-20(19)2)28-21(3)26(22-13-15-24(33)16-14-22)27-29(34-28)25(18-38(8,9)10)36-31(35-7)30(27)37-32(4,5)6/h11-17,25,30-31H,18H2,1-10H3/t25?,30-,31?/m0/s1. The molecule has 2 unspecified atom stereocenters. The highest BCUT2D eigenvalue weighted by atomic mass is 35.5. The molecule has 3 aromatic rings. The Morgan fingerprint density at radius 3 is 2.13 bits per heavy atom. The topological polar surface area (TPSA) is 40.6 Å². The molecule has 2 heterocycles. The predicted molar refractivity (Wildman–Crippen MR) is 161 cm³/mol. The van der Waals surface area contributed by atoms with Gasteiger partial charge in [-0.3, -0.25) is 0 Å². The van der Waals surface area contributed by atoms with Crippen LogP contribution in [0.3, 0.4) is 0 Å². The Hall–Kier alpha value is -2.02. The van der Waals surface area contributed by atoms with Crippen LogP contribution in [0.5, 0.6) is 0 Å². The van der Waals surface area contributed by atoms with Gasteiger partial charge in [0.15, 0.2) is 6.29 Å². The van der Waals surface area contributed by atoms with Crippen LogP contribution in [0, 0.1) is 20.8 Å². The maximum atomic E-state index is 6.70. The zero-order valence-corrected chi connectivity index (χ0v) is 26.3. The Morgan fingerprint density at radius 1 is 0.947 bits per heavy atom. The zero-order chi connectivity index (χ0) is 28.0. The SMILES string of the molecule is COC1OC(C[Si](C)(C)C)c2nc(-c3ccc(C)c(C)c3)c(C)c(-c3ccc(Cl)cc3)c2[C@@H]1OC(C)(C)C. The number of fused-ring (bicyclic) bond motifs is 1. The van der Waals surface area contributed by atoms with E-state index in [1.807, 2.05) is 12.1 Å². The Kier molecular flexibility index (Phi) is 8.28. The lowest BCUT2D eigenvalue weighted by Gasteiger charge is -2.42. The molecule has 0 radical (unpaired) electrons. The smallest absolute Gasteiger partial charge is 0.188 e. The molecule has 1 aliphatic rings. The maximum absolute atomic E-state index is 6.70. The molecular weight excluding hydrogens is 510 g/mol. The molecule has 0 aliphatic carbocycles. The monoisotopic (exact) mass is 551 g/mol. The van der Waals surface area contributed by atoms with Gasteiger partial charge in [-0.1, -0.05) is 55.5 Å². The van der Waals surface area contributed by atoms with Crippen molar-refractivity contribution in [3.8, 4) is 22.4 Å². The third-order valence-electron chi connectivity index (χ3n) is 7.07. The van der Waals surface area contributed by atoms with E-state index in [0.29, 0.717) is 5.02 Å². The minimum Gasteiger partial charge on any atom is -0.363 e. The minimum absolute atomic E-state index is 0.182. The number of aryl methyl sites for hydroxylation is 2. The molecule has 0 fully saturated rings. The number of nitrogens with zero attached hydrogens (tertiary/aromatic N) is 1. The van der Waals surface area contributed by atoms with Crippen LogP contribution < -0.4 is 0 Å². The Bertz CT molecular complexity index is 1310. The van der Waals surface area contributed by atoms with Gasteiger partial charge in [-0.25, -0.2) is 4.98 Å². The normalized spacial score (nSPS) is 19.9.